The largest absolute Gasteiger partial charge is 0.493 e. The van der Waals surface area contributed by atoms with E-state index in [1.165, 1.54) is 7.11 Å². The number of nitrogens with one attached hydrogen (secondary N) is 1. The predicted octanol–water partition coefficient (Wildman–Crippen LogP) is 3.00. The van der Waals surface area contributed by atoms with Crippen LogP contribution in [0.4, 0.5) is 0 Å². The quantitative estimate of drug-likeness (QED) is 0.647. The van der Waals surface area contributed by atoms with Gasteiger partial charge in [-0.15, -0.1) is 0 Å². The van der Waals surface area contributed by atoms with Gasteiger partial charge in [0.15, 0.2) is 11.5 Å². The van der Waals surface area contributed by atoms with E-state index in [0.29, 0.717) is 41.8 Å². The van der Waals surface area contributed by atoms with E-state index in [0.717, 1.165) is 25.7 Å². The van der Waals surface area contributed by atoms with Crippen molar-refractivity contribution in [2.24, 2.45) is 5.73 Å². The topological polar surface area (TPSA) is 73.6 Å². The van der Waals surface area contributed by atoms with Crippen molar-refractivity contribution in [3.05, 3.63) is 22.7 Å². The molecule has 124 valence electrons. The second-order valence-corrected chi connectivity index (χ2v) is 5.35. The molecule has 0 fully saturated rings. The first-order valence-electron chi connectivity index (χ1n) is 7.62. The summed E-state index contributed by atoms with van der Waals surface area (Å²) in [5.74, 6) is 0.769. The highest BCUT2D eigenvalue weighted by Crippen LogP contribution is 2.36. The van der Waals surface area contributed by atoms with E-state index in [1.807, 2.05) is 0 Å². The van der Waals surface area contributed by atoms with Gasteiger partial charge >= 0.3 is 0 Å². The zero-order valence-corrected chi connectivity index (χ0v) is 14.0. The lowest BCUT2D eigenvalue weighted by Crippen LogP contribution is -2.25. The minimum absolute atomic E-state index is 0.183. The fraction of sp³-hybridized carbons (Fsp3) is 0.562. The Hall–Kier alpha value is -1.46. The van der Waals surface area contributed by atoms with Crippen LogP contribution >= 0.6 is 11.6 Å². The molecule has 0 aliphatic heterocycles. The summed E-state index contributed by atoms with van der Waals surface area (Å²) in [4.78, 5) is 12.1. The summed E-state index contributed by atoms with van der Waals surface area (Å²) in [5.41, 5.74) is 5.88. The van der Waals surface area contributed by atoms with E-state index in [1.54, 1.807) is 12.1 Å². The molecule has 0 saturated carbocycles. The summed E-state index contributed by atoms with van der Waals surface area (Å²) in [7, 11) is 1.53. The van der Waals surface area contributed by atoms with Gasteiger partial charge in [-0.1, -0.05) is 24.9 Å². The molecule has 0 spiro atoms. The van der Waals surface area contributed by atoms with Crippen molar-refractivity contribution in [2.75, 3.05) is 26.8 Å². The average molecular weight is 329 g/mol. The van der Waals surface area contributed by atoms with Crippen molar-refractivity contribution >= 4 is 17.5 Å². The molecule has 0 bridgehead atoms. The Kier molecular flexibility index (Phi) is 8.70. The molecular formula is C16H25ClN2O3. The van der Waals surface area contributed by atoms with Crippen molar-refractivity contribution in [2.45, 2.75) is 32.6 Å². The summed E-state index contributed by atoms with van der Waals surface area (Å²) in [5, 5.41) is 3.21. The van der Waals surface area contributed by atoms with Gasteiger partial charge in [0.25, 0.3) is 5.91 Å². The van der Waals surface area contributed by atoms with E-state index in [-0.39, 0.29) is 5.91 Å². The van der Waals surface area contributed by atoms with Crippen LogP contribution in [0.15, 0.2) is 12.1 Å². The third kappa shape index (κ3) is 5.73. The molecule has 1 aromatic carbocycles. The summed E-state index contributed by atoms with van der Waals surface area (Å²) >= 11 is 6.22. The average Bonchev–Trinajstić information content (AvgIpc) is 2.52. The third-order valence-electron chi connectivity index (χ3n) is 3.15. The maximum Gasteiger partial charge on any atom is 0.251 e. The summed E-state index contributed by atoms with van der Waals surface area (Å²) < 4.78 is 10.9. The van der Waals surface area contributed by atoms with E-state index in [9.17, 15) is 4.79 Å². The number of methoxy groups -OCH3 is 1. The predicted molar refractivity (Wildman–Crippen MR) is 89.0 cm³/mol. The Morgan fingerprint density at radius 2 is 2.09 bits per heavy atom. The van der Waals surface area contributed by atoms with E-state index < -0.39 is 0 Å². The molecule has 22 heavy (non-hydrogen) atoms. The molecule has 0 unspecified atom stereocenters. The molecule has 1 amide bonds. The lowest BCUT2D eigenvalue weighted by Gasteiger charge is -2.14. The van der Waals surface area contributed by atoms with E-state index in [2.05, 4.69) is 12.2 Å². The number of carbonyl (C=O) groups is 1. The number of nitrogens with two attached hydrogens (primary N) is 1. The Labute approximate surface area is 137 Å². The van der Waals surface area contributed by atoms with Gasteiger partial charge < -0.3 is 20.5 Å². The van der Waals surface area contributed by atoms with Crippen LogP contribution in [0.3, 0.4) is 0 Å². The first-order valence-corrected chi connectivity index (χ1v) is 8.00. The molecule has 0 heterocycles. The molecule has 0 aliphatic rings. The summed E-state index contributed by atoms with van der Waals surface area (Å²) in [6.07, 6.45) is 3.70. The number of carbonyl (C=O) groups excluding carboxylic acids is 1. The molecular weight excluding hydrogens is 304 g/mol. The molecule has 1 rings (SSSR count). The summed E-state index contributed by atoms with van der Waals surface area (Å²) in [6.45, 7) is 3.86. The maximum absolute atomic E-state index is 12.1. The van der Waals surface area contributed by atoms with Crippen LogP contribution in [0.1, 0.15) is 43.0 Å². The Balaban J connectivity index is 2.76. The number of ether oxygens (including phenoxy) is 2. The first-order chi connectivity index (χ1) is 10.6. The number of benzene rings is 1. The monoisotopic (exact) mass is 328 g/mol. The second-order valence-electron chi connectivity index (χ2n) is 4.94. The lowest BCUT2D eigenvalue weighted by molar-refractivity contribution is 0.0952. The molecule has 0 saturated heterocycles. The van der Waals surface area contributed by atoms with Crippen molar-refractivity contribution in [3.63, 3.8) is 0 Å². The number of hydrogen-bond donors (Lipinski definition) is 2. The molecule has 0 atom stereocenters. The molecule has 0 aromatic heterocycles. The zero-order valence-electron chi connectivity index (χ0n) is 13.3. The highest BCUT2D eigenvalue weighted by molar-refractivity contribution is 6.32. The van der Waals surface area contributed by atoms with Gasteiger partial charge in [-0.05, 0) is 37.9 Å². The smallest absolute Gasteiger partial charge is 0.251 e. The zero-order chi connectivity index (χ0) is 16.4. The molecule has 5 nitrogen and oxygen atoms in total. The van der Waals surface area contributed by atoms with Crippen LogP contribution in [0.5, 0.6) is 11.5 Å². The standard InChI is InChI=1S/C16H25ClN2O3/c1-3-4-9-22-15-13(17)10-12(11-14(15)21-2)16(20)19-8-6-5-7-18/h10-11H,3-9,18H2,1-2H3,(H,19,20). The van der Waals surface area contributed by atoms with Gasteiger partial charge in [-0.2, -0.15) is 0 Å². The minimum atomic E-state index is -0.183. The van der Waals surface area contributed by atoms with Gasteiger partial charge in [-0.25, -0.2) is 0 Å². The SMILES string of the molecule is CCCCOc1c(Cl)cc(C(=O)NCCCCN)cc1OC. The number of unbranched alkanes of at least 4 members (excludes halogenated alkanes) is 2. The van der Waals surface area contributed by atoms with Gasteiger partial charge in [0.1, 0.15) is 0 Å². The van der Waals surface area contributed by atoms with Crippen LogP contribution in [-0.2, 0) is 0 Å². The maximum atomic E-state index is 12.1. The highest BCUT2D eigenvalue weighted by Gasteiger charge is 2.15. The fourth-order valence-corrected chi connectivity index (χ4v) is 2.15. The van der Waals surface area contributed by atoms with E-state index >= 15 is 0 Å². The van der Waals surface area contributed by atoms with Gasteiger partial charge in [0.05, 0.1) is 18.7 Å². The van der Waals surface area contributed by atoms with Crippen molar-refractivity contribution in [1.82, 2.24) is 5.32 Å². The molecule has 3 N–H and O–H groups in total. The van der Waals surface area contributed by atoms with Gasteiger partial charge in [0, 0.05) is 12.1 Å². The number of rotatable bonds is 10. The van der Waals surface area contributed by atoms with Crippen molar-refractivity contribution in [3.8, 4) is 11.5 Å². The van der Waals surface area contributed by atoms with Crippen LogP contribution < -0.4 is 20.5 Å². The first kappa shape index (κ1) is 18.6. The lowest BCUT2D eigenvalue weighted by atomic mass is 10.1. The Morgan fingerprint density at radius 1 is 1.32 bits per heavy atom. The third-order valence-corrected chi connectivity index (χ3v) is 3.43. The van der Waals surface area contributed by atoms with Crippen LogP contribution in [-0.4, -0.2) is 32.7 Å². The molecule has 6 heteroatoms. The fourth-order valence-electron chi connectivity index (χ4n) is 1.88. The number of amides is 1. The van der Waals surface area contributed by atoms with Gasteiger partial charge in [-0.3, -0.25) is 4.79 Å². The summed E-state index contributed by atoms with van der Waals surface area (Å²) in [6, 6.07) is 3.25. The van der Waals surface area contributed by atoms with E-state index in [4.69, 9.17) is 26.8 Å². The Bertz CT molecular complexity index is 481. The molecule has 0 radical (unpaired) electrons. The number of halogens is 1. The molecule has 1 aromatic rings. The second kappa shape index (κ2) is 10.3. The number of hydrogen-bond acceptors (Lipinski definition) is 4. The van der Waals surface area contributed by atoms with Crippen LogP contribution in [0, 0.1) is 0 Å². The van der Waals surface area contributed by atoms with Crippen LogP contribution in [0.2, 0.25) is 5.02 Å². The van der Waals surface area contributed by atoms with Crippen molar-refractivity contribution < 1.29 is 14.3 Å². The Morgan fingerprint density at radius 3 is 2.73 bits per heavy atom. The van der Waals surface area contributed by atoms with Gasteiger partial charge in [0.2, 0.25) is 0 Å². The minimum Gasteiger partial charge on any atom is -0.493 e. The molecule has 0 aliphatic carbocycles. The van der Waals surface area contributed by atoms with Crippen molar-refractivity contribution in [1.29, 1.82) is 0 Å². The van der Waals surface area contributed by atoms with Crippen LogP contribution in [0.25, 0.3) is 0 Å². The highest BCUT2D eigenvalue weighted by atomic mass is 35.5. The normalized spacial score (nSPS) is 10.4.